The van der Waals surface area contributed by atoms with Crippen molar-refractivity contribution in [2.75, 3.05) is 29.9 Å². The zero-order valence-electron chi connectivity index (χ0n) is 19.8. The number of rotatable bonds is 7. The Labute approximate surface area is 190 Å². The average Bonchev–Trinajstić information content (AvgIpc) is 2.73. The van der Waals surface area contributed by atoms with E-state index >= 15 is 0 Å². The molecule has 0 atom stereocenters. The largest absolute Gasteiger partial charge is 0.389 e. The number of carbonyl (C=O) groups is 1. The summed E-state index contributed by atoms with van der Waals surface area (Å²) in [5, 5.41) is 28.1. The summed E-state index contributed by atoms with van der Waals surface area (Å²) in [5.41, 5.74) is 0.239. The Morgan fingerprint density at radius 1 is 1.12 bits per heavy atom. The fourth-order valence-electron chi connectivity index (χ4n) is 4.54. The van der Waals surface area contributed by atoms with Crippen LogP contribution in [0.2, 0.25) is 0 Å². The number of carbonyl (C=O) groups excluding carboxylic acids is 1. The summed E-state index contributed by atoms with van der Waals surface area (Å²) in [6, 6.07) is 3.23. The Kier molecular flexibility index (Phi) is 7.64. The Balaban J connectivity index is 1.94. The van der Waals surface area contributed by atoms with Crippen LogP contribution in [0.4, 0.5) is 17.1 Å². The predicted molar refractivity (Wildman–Crippen MR) is 127 cm³/mol. The molecule has 2 fully saturated rings. The molecule has 8 heteroatoms. The molecule has 2 aliphatic rings. The zero-order chi connectivity index (χ0) is 23.5. The maximum absolute atomic E-state index is 13.3. The predicted octanol–water partition coefficient (Wildman–Crippen LogP) is 4.32. The highest BCUT2D eigenvalue weighted by Gasteiger charge is 2.29. The second kappa shape index (κ2) is 10.1. The van der Waals surface area contributed by atoms with Gasteiger partial charge in [0.1, 0.15) is 5.69 Å². The van der Waals surface area contributed by atoms with Gasteiger partial charge in [0.05, 0.1) is 21.8 Å². The van der Waals surface area contributed by atoms with E-state index in [4.69, 9.17) is 0 Å². The van der Waals surface area contributed by atoms with Gasteiger partial charge in [-0.2, -0.15) is 0 Å². The van der Waals surface area contributed by atoms with E-state index in [1.807, 2.05) is 0 Å². The van der Waals surface area contributed by atoms with Crippen LogP contribution in [0.1, 0.15) is 76.6 Å². The van der Waals surface area contributed by atoms with Gasteiger partial charge in [-0.05, 0) is 70.3 Å². The summed E-state index contributed by atoms with van der Waals surface area (Å²) in [5.74, 6) is 1.06. The highest BCUT2D eigenvalue weighted by Crippen LogP contribution is 2.36. The van der Waals surface area contributed by atoms with Crippen molar-refractivity contribution in [2.24, 2.45) is 11.8 Å². The molecule has 1 aromatic carbocycles. The number of nitrogens with zero attached hydrogens (tertiary/aromatic N) is 2. The molecule has 1 saturated heterocycles. The third-order valence-electron chi connectivity index (χ3n) is 6.74. The molecule has 1 saturated carbocycles. The van der Waals surface area contributed by atoms with Gasteiger partial charge in [0.25, 0.3) is 11.6 Å². The smallest absolute Gasteiger partial charge is 0.293 e. The minimum Gasteiger partial charge on any atom is -0.389 e. The molecule has 1 aliphatic heterocycles. The van der Waals surface area contributed by atoms with Gasteiger partial charge >= 0.3 is 0 Å². The van der Waals surface area contributed by atoms with Gasteiger partial charge in [-0.25, -0.2) is 0 Å². The van der Waals surface area contributed by atoms with Gasteiger partial charge in [-0.3, -0.25) is 14.9 Å². The highest BCUT2D eigenvalue weighted by atomic mass is 16.6. The first-order valence-corrected chi connectivity index (χ1v) is 11.9. The lowest BCUT2D eigenvalue weighted by Gasteiger charge is -2.34. The van der Waals surface area contributed by atoms with Crippen molar-refractivity contribution >= 4 is 23.0 Å². The molecule has 3 N–H and O–H groups in total. The van der Waals surface area contributed by atoms with Crippen LogP contribution in [0.3, 0.4) is 0 Å². The van der Waals surface area contributed by atoms with Crippen LogP contribution >= 0.6 is 0 Å². The number of nitro groups is 1. The van der Waals surface area contributed by atoms with Crippen molar-refractivity contribution < 1.29 is 14.8 Å². The van der Waals surface area contributed by atoms with Crippen LogP contribution in [0.15, 0.2) is 12.1 Å². The minimum absolute atomic E-state index is 0.111. The fraction of sp³-hybridized carbons (Fsp3) is 0.708. The number of piperidine rings is 1. The Morgan fingerprint density at radius 2 is 1.72 bits per heavy atom. The summed E-state index contributed by atoms with van der Waals surface area (Å²) in [7, 11) is 0. The van der Waals surface area contributed by atoms with Crippen molar-refractivity contribution in [1.82, 2.24) is 5.32 Å². The van der Waals surface area contributed by atoms with Crippen LogP contribution in [-0.4, -0.2) is 47.2 Å². The number of nitrogens with one attached hydrogen (secondary N) is 2. The lowest BCUT2D eigenvalue weighted by Crippen LogP contribution is -2.39. The number of nitro benzene ring substituents is 1. The first kappa shape index (κ1) is 24.3. The summed E-state index contributed by atoms with van der Waals surface area (Å²) in [6.07, 6.45) is 6.09. The number of anilines is 2. The third kappa shape index (κ3) is 6.34. The number of aliphatic hydroxyl groups is 1. The fourth-order valence-corrected chi connectivity index (χ4v) is 4.54. The van der Waals surface area contributed by atoms with Crippen molar-refractivity contribution in [3.8, 4) is 0 Å². The van der Waals surface area contributed by atoms with Gasteiger partial charge in [0, 0.05) is 31.7 Å². The van der Waals surface area contributed by atoms with E-state index < -0.39 is 10.5 Å². The molecule has 0 unspecified atom stereocenters. The van der Waals surface area contributed by atoms with E-state index in [0.717, 1.165) is 57.3 Å². The van der Waals surface area contributed by atoms with Gasteiger partial charge in [-0.15, -0.1) is 0 Å². The van der Waals surface area contributed by atoms with Crippen molar-refractivity contribution in [3.05, 3.63) is 27.8 Å². The summed E-state index contributed by atoms with van der Waals surface area (Å²) >= 11 is 0. The first-order valence-electron chi connectivity index (χ1n) is 11.9. The monoisotopic (exact) mass is 446 g/mol. The number of hydrogen-bond acceptors (Lipinski definition) is 6. The quantitative estimate of drug-likeness (QED) is 0.425. The highest BCUT2D eigenvalue weighted by molar-refractivity contribution is 6.02. The van der Waals surface area contributed by atoms with Crippen LogP contribution in [-0.2, 0) is 0 Å². The van der Waals surface area contributed by atoms with Crippen LogP contribution in [0.25, 0.3) is 0 Å². The number of hydrogen-bond donors (Lipinski definition) is 3. The molecule has 1 amide bonds. The minimum atomic E-state index is -1.03. The summed E-state index contributed by atoms with van der Waals surface area (Å²) in [4.78, 5) is 26.8. The van der Waals surface area contributed by atoms with Gasteiger partial charge in [0.2, 0.25) is 0 Å². The van der Waals surface area contributed by atoms with E-state index in [2.05, 4.69) is 29.4 Å². The molecule has 0 aromatic heterocycles. The lowest BCUT2D eigenvalue weighted by molar-refractivity contribution is -0.384. The molecule has 0 radical (unpaired) electrons. The van der Waals surface area contributed by atoms with Crippen LogP contribution in [0, 0.1) is 22.0 Å². The van der Waals surface area contributed by atoms with Gasteiger partial charge < -0.3 is 20.6 Å². The van der Waals surface area contributed by atoms with Gasteiger partial charge in [0.15, 0.2) is 0 Å². The van der Waals surface area contributed by atoms with Crippen molar-refractivity contribution in [2.45, 2.75) is 77.9 Å². The van der Waals surface area contributed by atoms with E-state index in [1.54, 1.807) is 19.9 Å². The average molecular weight is 447 g/mol. The Hall–Kier alpha value is -2.35. The zero-order valence-corrected chi connectivity index (χ0v) is 19.8. The molecule has 32 heavy (non-hydrogen) atoms. The van der Waals surface area contributed by atoms with E-state index in [-0.39, 0.29) is 24.2 Å². The van der Waals surface area contributed by atoms with Crippen LogP contribution in [0.5, 0.6) is 0 Å². The molecule has 1 heterocycles. The van der Waals surface area contributed by atoms with E-state index in [1.165, 1.54) is 6.07 Å². The lowest BCUT2D eigenvalue weighted by atomic mass is 9.87. The van der Waals surface area contributed by atoms with Crippen LogP contribution < -0.4 is 15.5 Å². The molecular formula is C24H38N4O4. The second-order valence-electron chi connectivity index (χ2n) is 10.4. The molecule has 1 aliphatic carbocycles. The van der Waals surface area contributed by atoms with E-state index in [0.29, 0.717) is 23.1 Å². The van der Waals surface area contributed by atoms with E-state index in [9.17, 15) is 20.0 Å². The Morgan fingerprint density at radius 3 is 2.28 bits per heavy atom. The standard InChI is InChI=1S/C24H38N4O4/c1-16-5-7-18(8-6-16)26-23(29)19-13-22(28(31)32)20(25-15-24(3,4)30)14-21(19)27-11-9-17(2)10-12-27/h13-14,16-18,25,30H,5-12,15H2,1-4H3,(H,26,29)/t16-,18-. The normalized spacial score (nSPS) is 22.5. The molecule has 3 rings (SSSR count). The van der Waals surface area contributed by atoms with Gasteiger partial charge in [-0.1, -0.05) is 13.8 Å². The molecule has 0 spiro atoms. The maximum Gasteiger partial charge on any atom is 0.293 e. The maximum atomic E-state index is 13.3. The second-order valence-corrected chi connectivity index (χ2v) is 10.4. The van der Waals surface area contributed by atoms with Crippen molar-refractivity contribution in [1.29, 1.82) is 0 Å². The molecule has 1 aromatic rings. The topological polar surface area (TPSA) is 108 Å². The number of benzene rings is 1. The first-order chi connectivity index (χ1) is 15.0. The SMILES string of the molecule is CC1CCN(c2cc(NCC(C)(C)O)c([N+](=O)[O-])cc2C(=O)N[C@H]2CC[C@H](C)CC2)CC1. The van der Waals surface area contributed by atoms with Crippen molar-refractivity contribution in [3.63, 3.8) is 0 Å². The number of amides is 1. The third-order valence-corrected chi connectivity index (χ3v) is 6.74. The molecule has 178 valence electrons. The summed E-state index contributed by atoms with van der Waals surface area (Å²) in [6.45, 7) is 9.53. The molecular weight excluding hydrogens is 408 g/mol. The molecule has 8 nitrogen and oxygen atoms in total. The Bertz CT molecular complexity index is 820. The molecule has 0 bridgehead atoms. The summed E-state index contributed by atoms with van der Waals surface area (Å²) < 4.78 is 0.